The zero-order valence-corrected chi connectivity index (χ0v) is 15.4. The van der Waals surface area contributed by atoms with Gasteiger partial charge in [-0.05, 0) is 18.2 Å². The summed E-state index contributed by atoms with van der Waals surface area (Å²) in [4.78, 5) is 28.6. The minimum Gasteiger partial charge on any atom is -0.478 e. The number of sulfonamides is 1. The standard InChI is InChI=1S/C16H15ClN4O5S/c17-13-6-10(15(22)23)7-18-14(13)21-8-11(9-21)19-16(24)20-27(25,26)12-4-2-1-3-5-12/h1-7,11H,8-9H2,(H,22,23)(H2,19,20,24). The number of nitrogens with one attached hydrogen (secondary N) is 2. The second-order valence-corrected chi connectivity index (χ2v) is 7.92. The van der Waals surface area contributed by atoms with Gasteiger partial charge in [-0.1, -0.05) is 29.8 Å². The van der Waals surface area contributed by atoms with Crippen LogP contribution in [0.2, 0.25) is 5.02 Å². The number of halogens is 1. The molecule has 2 aromatic rings. The number of hydrogen-bond acceptors (Lipinski definition) is 6. The lowest BCUT2D eigenvalue weighted by Crippen LogP contribution is -2.61. The zero-order valence-electron chi connectivity index (χ0n) is 13.8. The van der Waals surface area contributed by atoms with E-state index in [-0.39, 0.29) is 21.5 Å². The number of benzene rings is 1. The molecule has 1 aliphatic heterocycles. The fourth-order valence-electron chi connectivity index (χ4n) is 2.52. The number of carbonyl (C=O) groups excluding carboxylic acids is 1. The largest absolute Gasteiger partial charge is 0.478 e. The number of anilines is 1. The summed E-state index contributed by atoms with van der Waals surface area (Å²) in [6.45, 7) is 0.718. The monoisotopic (exact) mass is 410 g/mol. The van der Waals surface area contributed by atoms with Crippen molar-refractivity contribution in [2.45, 2.75) is 10.9 Å². The number of hydrogen-bond donors (Lipinski definition) is 3. The molecule has 1 aliphatic rings. The van der Waals surface area contributed by atoms with Gasteiger partial charge < -0.3 is 15.3 Å². The van der Waals surface area contributed by atoms with E-state index in [2.05, 4.69) is 10.3 Å². The summed E-state index contributed by atoms with van der Waals surface area (Å²) >= 11 is 6.04. The first-order chi connectivity index (χ1) is 12.8. The second-order valence-electron chi connectivity index (χ2n) is 5.83. The number of aromatic nitrogens is 1. The van der Waals surface area contributed by atoms with E-state index in [9.17, 15) is 18.0 Å². The first kappa shape index (κ1) is 18.9. The van der Waals surface area contributed by atoms with E-state index in [1.54, 1.807) is 23.1 Å². The Kier molecular flexibility index (Phi) is 5.19. The lowest BCUT2D eigenvalue weighted by Gasteiger charge is -2.40. The van der Waals surface area contributed by atoms with E-state index in [1.807, 2.05) is 4.72 Å². The van der Waals surface area contributed by atoms with Gasteiger partial charge in [0.25, 0.3) is 10.0 Å². The summed E-state index contributed by atoms with van der Waals surface area (Å²) in [6, 6.07) is 7.73. The SMILES string of the molecule is O=C(NC1CN(c2ncc(C(=O)O)cc2Cl)C1)NS(=O)(=O)c1ccccc1. The average Bonchev–Trinajstić information content (AvgIpc) is 2.58. The third-order valence-electron chi connectivity index (χ3n) is 3.87. The molecule has 0 unspecified atom stereocenters. The van der Waals surface area contributed by atoms with Crippen molar-refractivity contribution in [1.29, 1.82) is 0 Å². The molecule has 0 radical (unpaired) electrons. The van der Waals surface area contributed by atoms with Crippen molar-refractivity contribution < 1.29 is 23.1 Å². The Hall–Kier alpha value is -2.85. The van der Waals surface area contributed by atoms with Crippen LogP contribution in [-0.4, -0.2) is 49.6 Å². The normalized spacial score (nSPS) is 14.3. The van der Waals surface area contributed by atoms with Crippen LogP contribution in [0.15, 0.2) is 47.5 Å². The first-order valence-corrected chi connectivity index (χ1v) is 9.64. The minimum absolute atomic E-state index is 0.00936. The van der Waals surface area contributed by atoms with Crippen LogP contribution in [0.4, 0.5) is 10.6 Å². The highest BCUT2D eigenvalue weighted by Gasteiger charge is 2.31. The molecule has 0 bridgehead atoms. The molecule has 1 aromatic heterocycles. The van der Waals surface area contributed by atoms with Gasteiger partial charge in [-0.2, -0.15) is 0 Å². The molecule has 1 fully saturated rings. The lowest BCUT2D eigenvalue weighted by atomic mass is 10.1. The highest BCUT2D eigenvalue weighted by molar-refractivity contribution is 7.90. The van der Waals surface area contributed by atoms with Crippen molar-refractivity contribution in [3.63, 3.8) is 0 Å². The molecule has 1 aromatic carbocycles. The highest BCUT2D eigenvalue weighted by Crippen LogP contribution is 2.27. The molecule has 27 heavy (non-hydrogen) atoms. The van der Waals surface area contributed by atoms with E-state index in [4.69, 9.17) is 16.7 Å². The quantitative estimate of drug-likeness (QED) is 0.677. The Labute approximate surface area is 160 Å². The molecular formula is C16H15ClN4O5S. The van der Waals surface area contributed by atoms with Gasteiger partial charge in [-0.15, -0.1) is 0 Å². The number of pyridine rings is 1. The van der Waals surface area contributed by atoms with E-state index < -0.39 is 22.0 Å². The smallest absolute Gasteiger partial charge is 0.337 e. The van der Waals surface area contributed by atoms with Gasteiger partial charge in [-0.25, -0.2) is 27.7 Å². The molecule has 142 valence electrons. The maximum absolute atomic E-state index is 12.1. The van der Waals surface area contributed by atoms with Crippen LogP contribution in [0.25, 0.3) is 0 Å². The molecule has 3 N–H and O–H groups in total. The number of aromatic carboxylic acids is 1. The number of carboxylic acids is 1. The van der Waals surface area contributed by atoms with Crippen LogP contribution in [0, 0.1) is 0 Å². The third kappa shape index (κ3) is 4.29. The molecule has 0 atom stereocenters. The molecule has 1 saturated heterocycles. The van der Waals surface area contributed by atoms with Crippen molar-refractivity contribution in [2.24, 2.45) is 0 Å². The molecule has 0 saturated carbocycles. The van der Waals surface area contributed by atoms with E-state index in [0.29, 0.717) is 18.9 Å². The number of nitrogens with zero attached hydrogens (tertiary/aromatic N) is 2. The summed E-state index contributed by atoms with van der Waals surface area (Å²) in [5.74, 6) is -0.729. The van der Waals surface area contributed by atoms with Crippen LogP contribution >= 0.6 is 11.6 Å². The van der Waals surface area contributed by atoms with Crippen molar-refractivity contribution in [3.8, 4) is 0 Å². The fourth-order valence-corrected chi connectivity index (χ4v) is 3.74. The Morgan fingerprint density at radius 1 is 1.22 bits per heavy atom. The van der Waals surface area contributed by atoms with E-state index in [1.165, 1.54) is 24.4 Å². The molecule has 11 heteroatoms. The Bertz CT molecular complexity index is 978. The summed E-state index contributed by atoms with van der Waals surface area (Å²) in [5, 5.41) is 11.7. The van der Waals surface area contributed by atoms with Crippen molar-refractivity contribution >= 4 is 39.4 Å². The van der Waals surface area contributed by atoms with Crippen molar-refractivity contribution in [2.75, 3.05) is 18.0 Å². The summed E-state index contributed by atoms with van der Waals surface area (Å²) in [7, 11) is -3.94. The predicted octanol–water partition coefficient (Wildman–Crippen LogP) is 1.31. The van der Waals surface area contributed by atoms with Crippen LogP contribution in [0.1, 0.15) is 10.4 Å². The van der Waals surface area contributed by atoms with Crippen LogP contribution in [0.3, 0.4) is 0 Å². The maximum atomic E-state index is 12.1. The van der Waals surface area contributed by atoms with E-state index in [0.717, 1.165) is 0 Å². The number of carbonyl (C=O) groups is 2. The first-order valence-electron chi connectivity index (χ1n) is 7.78. The Morgan fingerprint density at radius 3 is 2.48 bits per heavy atom. The Balaban J connectivity index is 1.55. The minimum atomic E-state index is -3.94. The van der Waals surface area contributed by atoms with Gasteiger partial charge in [0.05, 0.1) is 21.5 Å². The molecule has 9 nitrogen and oxygen atoms in total. The second kappa shape index (κ2) is 7.41. The fraction of sp³-hybridized carbons (Fsp3) is 0.188. The molecule has 2 heterocycles. The molecule has 3 rings (SSSR count). The number of urea groups is 1. The number of rotatable bonds is 5. The predicted molar refractivity (Wildman–Crippen MR) is 97.5 cm³/mol. The third-order valence-corrected chi connectivity index (χ3v) is 5.49. The summed E-state index contributed by atoms with van der Waals surface area (Å²) in [5.41, 5.74) is -0.0237. The maximum Gasteiger partial charge on any atom is 0.337 e. The average molecular weight is 411 g/mol. The molecular weight excluding hydrogens is 396 g/mol. The van der Waals surface area contributed by atoms with Crippen LogP contribution < -0.4 is 14.9 Å². The molecule has 0 aliphatic carbocycles. The van der Waals surface area contributed by atoms with Crippen LogP contribution in [-0.2, 0) is 10.0 Å². The molecule has 2 amide bonds. The number of carboxylic acid groups (broad SMARTS) is 1. The lowest BCUT2D eigenvalue weighted by molar-refractivity contribution is 0.0696. The van der Waals surface area contributed by atoms with Gasteiger partial charge in [0.15, 0.2) is 0 Å². The van der Waals surface area contributed by atoms with Crippen LogP contribution in [0.5, 0.6) is 0 Å². The Morgan fingerprint density at radius 2 is 1.89 bits per heavy atom. The van der Waals surface area contributed by atoms with Gasteiger partial charge in [0.2, 0.25) is 0 Å². The van der Waals surface area contributed by atoms with Crippen molar-refractivity contribution in [3.05, 3.63) is 53.2 Å². The molecule has 0 spiro atoms. The highest BCUT2D eigenvalue weighted by atomic mass is 35.5. The topological polar surface area (TPSA) is 129 Å². The summed E-state index contributed by atoms with van der Waals surface area (Å²) < 4.78 is 26.1. The van der Waals surface area contributed by atoms with Crippen molar-refractivity contribution in [1.82, 2.24) is 15.0 Å². The van der Waals surface area contributed by atoms with Gasteiger partial charge in [0.1, 0.15) is 5.82 Å². The van der Waals surface area contributed by atoms with Gasteiger partial charge in [0, 0.05) is 19.3 Å². The van der Waals surface area contributed by atoms with Gasteiger partial charge in [-0.3, -0.25) is 0 Å². The van der Waals surface area contributed by atoms with Gasteiger partial charge >= 0.3 is 12.0 Å². The van der Waals surface area contributed by atoms with E-state index >= 15 is 0 Å². The zero-order chi connectivity index (χ0) is 19.6. The summed E-state index contributed by atoms with van der Waals surface area (Å²) in [6.07, 6.45) is 1.20. The number of amides is 2.